The Hall–Kier alpha value is -2.82. The van der Waals surface area contributed by atoms with Crippen LogP contribution in [-0.2, 0) is 22.5 Å². The molecule has 5 nitrogen and oxygen atoms in total. The molecule has 0 aliphatic heterocycles. The minimum absolute atomic E-state index is 0.176. The SMILES string of the molecule is CCc1ccc(NC(=O)CO/N=C(/N)Cc2ccccc2)cc1. The average molecular weight is 311 g/mol. The lowest BCUT2D eigenvalue weighted by Crippen LogP contribution is -2.20. The van der Waals surface area contributed by atoms with E-state index in [1.807, 2.05) is 54.6 Å². The number of nitrogens with zero attached hydrogens (tertiary/aromatic N) is 1. The minimum atomic E-state index is -0.273. The van der Waals surface area contributed by atoms with E-state index in [1.165, 1.54) is 5.56 Å². The zero-order chi connectivity index (χ0) is 16.5. The number of carbonyl (C=O) groups excluding carboxylic acids is 1. The summed E-state index contributed by atoms with van der Waals surface area (Å²) in [4.78, 5) is 16.8. The second-order valence-corrected chi connectivity index (χ2v) is 5.12. The molecule has 0 fully saturated rings. The van der Waals surface area contributed by atoms with Gasteiger partial charge in [-0.25, -0.2) is 0 Å². The molecule has 0 aromatic heterocycles. The molecule has 2 aromatic rings. The normalized spacial score (nSPS) is 11.1. The van der Waals surface area contributed by atoms with Crippen molar-refractivity contribution in [3.05, 3.63) is 65.7 Å². The lowest BCUT2D eigenvalue weighted by Gasteiger charge is -2.06. The maximum atomic E-state index is 11.8. The summed E-state index contributed by atoms with van der Waals surface area (Å²) >= 11 is 0. The van der Waals surface area contributed by atoms with Crippen molar-refractivity contribution >= 4 is 17.4 Å². The number of benzene rings is 2. The van der Waals surface area contributed by atoms with Gasteiger partial charge in [-0.15, -0.1) is 0 Å². The standard InChI is InChI=1S/C18H21N3O2/c1-2-14-8-10-16(11-9-14)20-18(22)13-23-21-17(19)12-15-6-4-3-5-7-15/h3-11H,2,12-13H2,1H3,(H2,19,21)(H,20,22). The van der Waals surface area contributed by atoms with E-state index >= 15 is 0 Å². The van der Waals surface area contributed by atoms with Crippen molar-refractivity contribution in [2.75, 3.05) is 11.9 Å². The quantitative estimate of drug-likeness (QED) is 0.469. The van der Waals surface area contributed by atoms with E-state index in [4.69, 9.17) is 10.6 Å². The fourth-order valence-corrected chi connectivity index (χ4v) is 2.03. The summed E-state index contributed by atoms with van der Waals surface area (Å²) in [5.74, 6) is 0.0572. The smallest absolute Gasteiger partial charge is 0.265 e. The Morgan fingerprint density at radius 2 is 1.78 bits per heavy atom. The van der Waals surface area contributed by atoms with Gasteiger partial charge in [0.25, 0.3) is 5.91 Å². The molecule has 2 aromatic carbocycles. The van der Waals surface area contributed by atoms with E-state index in [0.29, 0.717) is 12.3 Å². The molecule has 3 N–H and O–H groups in total. The van der Waals surface area contributed by atoms with Crippen LogP contribution in [-0.4, -0.2) is 18.3 Å². The topological polar surface area (TPSA) is 76.7 Å². The highest BCUT2D eigenvalue weighted by Crippen LogP contribution is 2.09. The van der Waals surface area contributed by atoms with Gasteiger partial charge in [0.2, 0.25) is 0 Å². The average Bonchev–Trinajstić information content (AvgIpc) is 2.56. The van der Waals surface area contributed by atoms with Crippen molar-refractivity contribution in [2.24, 2.45) is 10.9 Å². The fourth-order valence-electron chi connectivity index (χ4n) is 2.03. The highest BCUT2D eigenvalue weighted by atomic mass is 16.6. The second kappa shape index (κ2) is 8.58. The summed E-state index contributed by atoms with van der Waals surface area (Å²) in [7, 11) is 0. The first-order valence-corrected chi connectivity index (χ1v) is 7.54. The van der Waals surface area contributed by atoms with Gasteiger partial charge in [-0.3, -0.25) is 4.79 Å². The summed E-state index contributed by atoms with van der Waals surface area (Å²) in [6, 6.07) is 17.4. The molecule has 0 aliphatic rings. The van der Waals surface area contributed by atoms with E-state index in [9.17, 15) is 4.79 Å². The number of carbonyl (C=O) groups is 1. The highest BCUT2D eigenvalue weighted by molar-refractivity contribution is 5.91. The Morgan fingerprint density at radius 3 is 2.43 bits per heavy atom. The molecule has 23 heavy (non-hydrogen) atoms. The number of hydrogen-bond donors (Lipinski definition) is 2. The zero-order valence-electron chi connectivity index (χ0n) is 13.2. The molecule has 0 unspecified atom stereocenters. The van der Waals surface area contributed by atoms with Gasteiger partial charge in [0, 0.05) is 12.1 Å². The van der Waals surface area contributed by atoms with Crippen molar-refractivity contribution in [3.8, 4) is 0 Å². The van der Waals surface area contributed by atoms with Crippen LogP contribution in [0.4, 0.5) is 5.69 Å². The first kappa shape index (κ1) is 16.5. The Morgan fingerprint density at radius 1 is 1.09 bits per heavy atom. The summed E-state index contributed by atoms with van der Waals surface area (Å²) in [6.07, 6.45) is 1.45. The Bertz CT molecular complexity index is 652. The molecular formula is C18H21N3O2. The molecule has 0 aliphatic carbocycles. The maximum Gasteiger partial charge on any atom is 0.265 e. The summed E-state index contributed by atoms with van der Waals surface area (Å²) in [5, 5.41) is 6.50. The van der Waals surface area contributed by atoms with Crippen LogP contribution in [0.5, 0.6) is 0 Å². The van der Waals surface area contributed by atoms with Crippen molar-refractivity contribution in [3.63, 3.8) is 0 Å². The predicted molar refractivity (Wildman–Crippen MR) is 92.2 cm³/mol. The van der Waals surface area contributed by atoms with Gasteiger partial charge in [0.05, 0.1) is 0 Å². The van der Waals surface area contributed by atoms with Gasteiger partial charge in [-0.2, -0.15) is 0 Å². The number of nitrogens with one attached hydrogen (secondary N) is 1. The van der Waals surface area contributed by atoms with E-state index in [1.54, 1.807) is 0 Å². The molecule has 0 saturated heterocycles. The molecule has 1 amide bonds. The van der Waals surface area contributed by atoms with Crippen molar-refractivity contribution in [1.29, 1.82) is 0 Å². The number of aryl methyl sites for hydroxylation is 1. The molecule has 120 valence electrons. The summed E-state index contributed by atoms with van der Waals surface area (Å²) < 4.78 is 0. The monoisotopic (exact) mass is 311 g/mol. The maximum absolute atomic E-state index is 11.8. The predicted octanol–water partition coefficient (Wildman–Crippen LogP) is 2.72. The molecule has 0 bridgehead atoms. The summed E-state index contributed by atoms with van der Waals surface area (Å²) in [6.45, 7) is 1.91. The van der Waals surface area contributed by atoms with E-state index < -0.39 is 0 Å². The van der Waals surface area contributed by atoms with Gasteiger partial charge in [0.15, 0.2) is 6.61 Å². The van der Waals surface area contributed by atoms with Gasteiger partial charge in [-0.1, -0.05) is 54.5 Å². The highest BCUT2D eigenvalue weighted by Gasteiger charge is 2.03. The van der Waals surface area contributed by atoms with Crippen LogP contribution < -0.4 is 11.1 Å². The molecule has 0 radical (unpaired) electrons. The number of anilines is 1. The third-order valence-corrected chi connectivity index (χ3v) is 3.25. The summed E-state index contributed by atoms with van der Waals surface area (Å²) in [5.41, 5.74) is 8.76. The van der Waals surface area contributed by atoms with E-state index in [2.05, 4.69) is 17.4 Å². The minimum Gasteiger partial charge on any atom is -0.384 e. The molecular weight excluding hydrogens is 290 g/mol. The third-order valence-electron chi connectivity index (χ3n) is 3.25. The van der Waals surface area contributed by atoms with E-state index in [0.717, 1.165) is 17.7 Å². The van der Waals surface area contributed by atoms with Crippen LogP contribution in [0.3, 0.4) is 0 Å². The second-order valence-electron chi connectivity index (χ2n) is 5.12. The van der Waals surface area contributed by atoms with Crippen molar-refractivity contribution in [1.82, 2.24) is 0 Å². The molecule has 2 rings (SSSR count). The first-order valence-electron chi connectivity index (χ1n) is 7.54. The van der Waals surface area contributed by atoms with Crippen LogP contribution >= 0.6 is 0 Å². The molecule has 0 atom stereocenters. The largest absolute Gasteiger partial charge is 0.384 e. The number of nitrogens with two attached hydrogens (primary N) is 1. The molecule has 0 spiro atoms. The Balaban J connectivity index is 1.76. The van der Waals surface area contributed by atoms with Crippen LogP contribution in [0.25, 0.3) is 0 Å². The number of oxime groups is 1. The molecule has 0 saturated carbocycles. The van der Waals surface area contributed by atoms with Crippen molar-refractivity contribution < 1.29 is 9.63 Å². The zero-order valence-corrected chi connectivity index (χ0v) is 13.2. The van der Waals surface area contributed by atoms with Crippen LogP contribution in [0, 0.1) is 0 Å². The fraction of sp³-hybridized carbons (Fsp3) is 0.222. The molecule has 0 heterocycles. The number of rotatable bonds is 7. The number of amidine groups is 1. The number of hydrogen-bond acceptors (Lipinski definition) is 3. The first-order chi connectivity index (χ1) is 11.2. The van der Waals surface area contributed by atoms with E-state index in [-0.39, 0.29) is 12.5 Å². The lowest BCUT2D eigenvalue weighted by molar-refractivity contribution is -0.120. The van der Waals surface area contributed by atoms with Crippen LogP contribution in [0.15, 0.2) is 59.8 Å². The van der Waals surface area contributed by atoms with Crippen LogP contribution in [0.1, 0.15) is 18.1 Å². The van der Waals surface area contributed by atoms with Crippen LogP contribution in [0.2, 0.25) is 0 Å². The van der Waals surface area contributed by atoms with Gasteiger partial charge < -0.3 is 15.9 Å². The van der Waals surface area contributed by atoms with Crippen molar-refractivity contribution in [2.45, 2.75) is 19.8 Å². The van der Waals surface area contributed by atoms with Gasteiger partial charge in [-0.05, 0) is 29.7 Å². The Labute approximate surface area is 136 Å². The van der Waals surface area contributed by atoms with Gasteiger partial charge >= 0.3 is 0 Å². The van der Waals surface area contributed by atoms with Gasteiger partial charge in [0.1, 0.15) is 5.84 Å². The molecule has 5 heteroatoms. The Kier molecular flexibility index (Phi) is 6.17. The lowest BCUT2D eigenvalue weighted by atomic mass is 10.1. The number of amides is 1. The third kappa shape index (κ3) is 5.82.